The zero-order valence-electron chi connectivity index (χ0n) is 21.7. The predicted molar refractivity (Wildman–Crippen MR) is 138 cm³/mol. The molecule has 206 valence electrons. The van der Waals surface area contributed by atoms with Crippen molar-refractivity contribution in [2.75, 3.05) is 6.54 Å². The summed E-state index contributed by atoms with van der Waals surface area (Å²) in [4.78, 5) is 18.0. The highest BCUT2D eigenvalue weighted by atomic mass is 19.4. The van der Waals surface area contributed by atoms with Crippen LogP contribution >= 0.6 is 0 Å². The fourth-order valence-electron chi connectivity index (χ4n) is 4.42. The van der Waals surface area contributed by atoms with E-state index in [4.69, 9.17) is 0 Å². The first-order valence-corrected chi connectivity index (χ1v) is 12.4. The molecule has 0 saturated carbocycles. The molecule has 9 heteroatoms. The highest BCUT2D eigenvalue weighted by molar-refractivity contribution is 6.06. The number of H-pyrrole nitrogens is 1. The molecule has 3 aromatic carbocycles. The van der Waals surface area contributed by atoms with Crippen LogP contribution in [0.2, 0.25) is 0 Å². The molecule has 0 saturated heterocycles. The molecule has 3 nitrogen and oxygen atoms in total. The third kappa shape index (κ3) is 6.64. The quantitative estimate of drug-likeness (QED) is 0.242. The van der Waals surface area contributed by atoms with Crippen molar-refractivity contribution < 1.29 is 31.1 Å². The lowest BCUT2D eigenvalue weighted by Gasteiger charge is -2.25. The summed E-state index contributed by atoms with van der Waals surface area (Å²) in [6.07, 6.45) is -7.63. The molecule has 1 amide bonds. The van der Waals surface area contributed by atoms with Crippen molar-refractivity contribution in [2.24, 2.45) is 0 Å². The molecule has 0 aliphatic carbocycles. The summed E-state index contributed by atoms with van der Waals surface area (Å²) in [6.45, 7) is 6.24. The van der Waals surface area contributed by atoms with Gasteiger partial charge >= 0.3 is 12.4 Å². The zero-order chi connectivity index (χ0) is 28.6. The van der Waals surface area contributed by atoms with Gasteiger partial charge in [0.25, 0.3) is 5.91 Å². The fraction of sp³-hybridized carbons (Fsp3) is 0.300. The first-order valence-electron chi connectivity index (χ1n) is 12.4. The van der Waals surface area contributed by atoms with Gasteiger partial charge in [-0.2, -0.15) is 26.3 Å². The Balaban J connectivity index is 1.70. The minimum absolute atomic E-state index is 0.000383. The van der Waals surface area contributed by atoms with Crippen LogP contribution in [-0.4, -0.2) is 22.3 Å². The number of rotatable bonds is 6. The Kier molecular flexibility index (Phi) is 7.56. The lowest BCUT2D eigenvalue weighted by atomic mass is 9.87. The average Bonchev–Trinajstić information content (AvgIpc) is 3.33. The molecule has 39 heavy (non-hydrogen) atoms. The SMILES string of the molecule is CC(C)(C)c1ccc(CN(CCc2cccc(C(F)(F)F)c2)C(=O)c2cc(C(F)(F)F)cc3cc[nH]c23)cc1. The molecule has 1 N–H and O–H groups in total. The Bertz CT molecular complexity index is 1460. The lowest BCUT2D eigenvalue weighted by molar-refractivity contribution is -0.138. The molecule has 1 aromatic heterocycles. The number of aromatic amines is 1. The number of carbonyl (C=O) groups excluding carboxylic acids is 1. The topological polar surface area (TPSA) is 36.1 Å². The summed E-state index contributed by atoms with van der Waals surface area (Å²) in [5, 5.41) is 0.237. The van der Waals surface area contributed by atoms with Crippen LogP contribution in [0.4, 0.5) is 26.3 Å². The maximum atomic E-state index is 13.8. The summed E-state index contributed by atoms with van der Waals surface area (Å²) in [5.41, 5.74) is 0.426. The largest absolute Gasteiger partial charge is 0.416 e. The van der Waals surface area contributed by atoms with Crippen LogP contribution in [0.5, 0.6) is 0 Å². The Hall–Kier alpha value is -3.75. The molecular weight excluding hydrogens is 518 g/mol. The van der Waals surface area contributed by atoms with Crippen LogP contribution in [0.25, 0.3) is 10.9 Å². The maximum absolute atomic E-state index is 13.8. The van der Waals surface area contributed by atoms with Crippen LogP contribution < -0.4 is 0 Å². The molecular formula is C30H28F6N2O. The maximum Gasteiger partial charge on any atom is 0.416 e. The monoisotopic (exact) mass is 546 g/mol. The summed E-state index contributed by atoms with van der Waals surface area (Å²) in [6, 6.07) is 15.6. The highest BCUT2D eigenvalue weighted by Gasteiger charge is 2.33. The molecule has 0 radical (unpaired) electrons. The molecule has 0 bridgehead atoms. The Morgan fingerprint density at radius 2 is 1.44 bits per heavy atom. The van der Waals surface area contributed by atoms with Crippen LogP contribution in [0, 0.1) is 0 Å². The molecule has 0 spiro atoms. The molecule has 0 fully saturated rings. The second-order valence-corrected chi connectivity index (χ2v) is 10.6. The molecule has 0 atom stereocenters. The molecule has 4 rings (SSSR count). The number of halogens is 6. The number of alkyl halides is 6. The number of hydrogen-bond donors (Lipinski definition) is 1. The van der Waals surface area contributed by atoms with Gasteiger partial charge in [-0.25, -0.2) is 0 Å². The van der Waals surface area contributed by atoms with Crippen molar-refractivity contribution in [3.63, 3.8) is 0 Å². The van der Waals surface area contributed by atoms with Crippen molar-refractivity contribution in [1.82, 2.24) is 9.88 Å². The van der Waals surface area contributed by atoms with E-state index in [0.29, 0.717) is 5.56 Å². The van der Waals surface area contributed by atoms with E-state index in [-0.39, 0.29) is 41.4 Å². The summed E-state index contributed by atoms with van der Waals surface area (Å²) >= 11 is 0. The smallest absolute Gasteiger partial charge is 0.361 e. The van der Waals surface area contributed by atoms with Gasteiger partial charge in [-0.1, -0.05) is 63.2 Å². The molecule has 0 aliphatic rings. The van der Waals surface area contributed by atoms with Gasteiger partial charge < -0.3 is 9.88 Å². The summed E-state index contributed by atoms with van der Waals surface area (Å²) in [7, 11) is 0. The van der Waals surface area contributed by atoms with Crippen molar-refractivity contribution >= 4 is 16.8 Å². The number of amides is 1. The lowest BCUT2D eigenvalue weighted by Crippen LogP contribution is -2.33. The number of fused-ring (bicyclic) bond motifs is 1. The summed E-state index contributed by atoms with van der Waals surface area (Å²) < 4.78 is 80.5. The average molecular weight is 547 g/mol. The molecule has 0 aliphatic heterocycles. The minimum atomic E-state index is -4.66. The Labute approximate surface area is 222 Å². The van der Waals surface area contributed by atoms with Gasteiger partial charge in [0, 0.05) is 24.7 Å². The van der Waals surface area contributed by atoms with E-state index in [0.717, 1.165) is 35.4 Å². The fourth-order valence-corrected chi connectivity index (χ4v) is 4.42. The van der Waals surface area contributed by atoms with E-state index in [2.05, 4.69) is 25.8 Å². The standard InChI is InChI=1S/C30H28F6N2O/c1-28(2,3)22-9-7-20(8-10-22)18-38(14-12-19-5-4-6-23(15-19)29(31,32)33)27(39)25-17-24(30(34,35)36)16-21-11-13-37-26(21)25/h4-11,13,15-17,37H,12,14,18H2,1-3H3. The predicted octanol–water partition coefficient (Wildman–Crippen LogP) is 8.39. The first kappa shape index (κ1) is 28.3. The van der Waals surface area contributed by atoms with E-state index < -0.39 is 29.4 Å². The Morgan fingerprint density at radius 3 is 2.05 bits per heavy atom. The number of nitrogens with zero attached hydrogens (tertiary/aromatic N) is 1. The van der Waals surface area contributed by atoms with E-state index in [1.807, 2.05) is 24.3 Å². The van der Waals surface area contributed by atoms with E-state index in [9.17, 15) is 31.1 Å². The third-order valence-corrected chi connectivity index (χ3v) is 6.62. The van der Waals surface area contributed by atoms with Crippen molar-refractivity contribution in [3.8, 4) is 0 Å². The van der Waals surface area contributed by atoms with Gasteiger partial charge in [0.1, 0.15) is 0 Å². The van der Waals surface area contributed by atoms with Gasteiger partial charge in [0.2, 0.25) is 0 Å². The number of nitrogens with one attached hydrogen (secondary N) is 1. The second kappa shape index (κ2) is 10.4. The number of benzene rings is 3. The highest BCUT2D eigenvalue weighted by Crippen LogP contribution is 2.34. The van der Waals surface area contributed by atoms with Gasteiger partial charge in [0.15, 0.2) is 0 Å². The van der Waals surface area contributed by atoms with Crippen molar-refractivity contribution in [3.05, 3.63) is 106 Å². The molecule has 1 heterocycles. The van der Waals surface area contributed by atoms with Gasteiger partial charge in [0.05, 0.1) is 22.2 Å². The van der Waals surface area contributed by atoms with Crippen LogP contribution in [-0.2, 0) is 30.7 Å². The normalized spacial score (nSPS) is 12.6. The van der Waals surface area contributed by atoms with Crippen molar-refractivity contribution in [2.45, 2.75) is 51.5 Å². The second-order valence-electron chi connectivity index (χ2n) is 10.6. The van der Waals surface area contributed by atoms with E-state index in [1.54, 1.807) is 0 Å². The van der Waals surface area contributed by atoms with Crippen molar-refractivity contribution in [1.29, 1.82) is 0 Å². The zero-order valence-corrected chi connectivity index (χ0v) is 21.7. The van der Waals surface area contributed by atoms with E-state index in [1.165, 1.54) is 29.3 Å². The molecule has 4 aromatic rings. The third-order valence-electron chi connectivity index (χ3n) is 6.62. The van der Waals surface area contributed by atoms with Crippen LogP contribution in [0.15, 0.2) is 72.9 Å². The van der Waals surface area contributed by atoms with Gasteiger partial charge in [-0.3, -0.25) is 4.79 Å². The van der Waals surface area contributed by atoms with Gasteiger partial charge in [-0.15, -0.1) is 0 Å². The molecule has 0 unspecified atom stereocenters. The van der Waals surface area contributed by atoms with Crippen LogP contribution in [0.1, 0.15) is 58.9 Å². The number of carbonyl (C=O) groups is 1. The van der Waals surface area contributed by atoms with Gasteiger partial charge in [-0.05, 0) is 52.8 Å². The number of aromatic nitrogens is 1. The minimum Gasteiger partial charge on any atom is -0.361 e. The van der Waals surface area contributed by atoms with E-state index >= 15 is 0 Å². The number of hydrogen-bond acceptors (Lipinski definition) is 1. The van der Waals surface area contributed by atoms with Crippen LogP contribution in [0.3, 0.4) is 0 Å². The Morgan fingerprint density at radius 1 is 0.769 bits per heavy atom. The first-order chi connectivity index (χ1) is 18.1. The summed E-state index contributed by atoms with van der Waals surface area (Å²) in [5.74, 6) is -0.652.